The Balaban J connectivity index is 1.50. The van der Waals surface area contributed by atoms with Gasteiger partial charge in [0.2, 0.25) is 0 Å². The Kier molecular flexibility index (Phi) is 6.26. The van der Waals surface area contributed by atoms with Crippen molar-refractivity contribution in [3.63, 3.8) is 0 Å². The molecular weight excluding hydrogens is 424 g/mol. The van der Waals surface area contributed by atoms with Crippen molar-refractivity contribution < 1.29 is 14.3 Å². The molecule has 0 saturated carbocycles. The van der Waals surface area contributed by atoms with Gasteiger partial charge in [-0.25, -0.2) is 9.59 Å². The minimum atomic E-state index is -0.503. The highest BCUT2D eigenvalue weighted by molar-refractivity contribution is 7.10. The van der Waals surface area contributed by atoms with Crippen molar-refractivity contribution in [2.24, 2.45) is 0 Å². The lowest BCUT2D eigenvalue weighted by atomic mass is 10.0. The summed E-state index contributed by atoms with van der Waals surface area (Å²) in [5.41, 5.74) is 2.20. The first-order valence-corrected chi connectivity index (χ1v) is 11.0. The van der Waals surface area contributed by atoms with Crippen molar-refractivity contribution >= 4 is 40.6 Å². The molecule has 0 unspecified atom stereocenters. The first-order chi connectivity index (χ1) is 14.5. The van der Waals surface area contributed by atoms with Crippen molar-refractivity contribution in [1.29, 1.82) is 0 Å². The van der Waals surface area contributed by atoms with Crippen LogP contribution in [-0.2, 0) is 9.53 Å². The zero-order valence-corrected chi connectivity index (χ0v) is 18.1. The SMILES string of the molecule is COC(=O)C1=C(CN2CCN(c3ccc(Cl)cc3)CC2)NC(=O)N[C@H]1c1cccs1. The van der Waals surface area contributed by atoms with E-state index in [1.807, 2.05) is 41.8 Å². The molecule has 0 radical (unpaired) electrons. The van der Waals surface area contributed by atoms with Crippen LogP contribution in [0.1, 0.15) is 10.9 Å². The van der Waals surface area contributed by atoms with Gasteiger partial charge in [0, 0.05) is 54.0 Å². The van der Waals surface area contributed by atoms with Gasteiger partial charge in [-0.1, -0.05) is 17.7 Å². The van der Waals surface area contributed by atoms with E-state index in [1.165, 1.54) is 18.4 Å². The predicted molar refractivity (Wildman–Crippen MR) is 118 cm³/mol. The summed E-state index contributed by atoms with van der Waals surface area (Å²) in [5, 5.41) is 8.33. The van der Waals surface area contributed by atoms with Crippen molar-refractivity contribution in [3.8, 4) is 0 Å². The zero-order chi connectivity index (χ0) is 21.1. The molecule has 2 amide bonds. The lowest BCUT2D eigenvalue weighted by Crippen LogP contribution is -2.51. The molecule has 4 rings (SSSR count). The second-order valence-corrected chi connectivity index (χ2v) is 8.59. The van der Waals surface area contributed by atoms with E-state index < -0.39 is 12.0 Å². The molecule has 0 aliphatic carbocycles. The lowest BCUT2D eigenvalue weighted by molar-refractivity contribution is -0.136. The molecule has 158 valence electrons. The number of piperazine rings is 1. The van der Waals surface area contributed by atoms with Gasteiger partial charge in [0.25, 0.3) is 0 Å². The number of carbonyl (C=O) groups excluding carboxylic acids is 2. The van der Waals surface area contributed by atoms with Gasteiger partial charge in [0.1, 0.15) is 0 Å². The Hall–Kier alpha value is -2.55. The Labute approximate surface area is 184 Å². The van der Waals surface area contributed by atoms with E-state index in [0.717, 1.165) is 41.8 Å². The fraction of sp³-hybridized carbons (Fsp3) is 0.333. The van der Waals surface area contributed by atoms with Gasteiger partial charge in [0.15, 0.2) is 0 Å². The van der Waals surface area contributed by atoms with Crippen molar-refractivity contribution in [1.82, 2.24) is 15.5 Å². The Bertz CT molecular complexity index is 938. The molecule has 1 fully saturated rings. The molecule has 1 aromatic heterocycles. The number of carbonyl (C=O) groups is 2. The number of methoxy groups -OCH3 is 1. The molecule has 9 heteroatoms. The number of esters is 1. The number of rotatable bonds is 5. The Morgan fingerprint density at radius 3 is 2.57 bits per heavy atom. The third kappa shape index (κ3) is 4.45. The number of benzene rings is 1. The Morgan fingerprint density at radius 1 is 1.20 bits per heavy atom. The maximum atomic E-state index is 12.6. The summed E-state index contributed by atoms with van der Waals surface area (Å²) >= 11 is 7.48. The van der Waals surface area contributed by atoms with Crippen molar-refractivity contribution in [2.45, 2.75) is 6.04 Å². The second kappa shape index (κ2) is 9.07. The maximum Gasteiger partial charge on any atom is 0.338 e. The van der Waals surface area contributed by atoms with Crippen LogP contribution in [0.5, 0.6) is 0 Å². The number of halogens is 1. The number of nitrogens with zero attached hydrogens (tertiary/aromatic N) is 2. The molecule has 1 aromatic carbocycles. The van der Waals surface area contributed by atoms with Crippen LogP contribution in [-0.4, -0.2) is 56.7 Å². The van der Waals surface area contributed by atoms with Gasteiger partial charge in [0.05, 0.1) is 18.7 Å². The third-order valence-corrected chi connectivity index (χ3v) is 6.52. The highest BCUT2D eigenvalue weighted by Gasteiger charge is 2.35. The van der Waals surface area contributed by atoms with Crippen LogP contribution < -0.4 is 15.5 Å². The molecule has 7 nitrogen and oxygen atoms in total. The summed E-state index contributed by atoms with van der Waals surface area (Å²) in [6.45, 7) is 3.81. The van der Waals surface area contributed by atoms with Crippen LogP contribution in [0.15, 0.2) is 53.0 Å². The first kappa shape index (κ1) is 20.7. The predicted octanol–water partition coefficient (Wildman–Crippen LogP) is 3.00. The molecule has 2 aliphatic rings. The van der Waals surface area contributed by atoms with E-state index in [1.54, 1.807) is 0 Å². The van der Waals surface area contributed by atoms with Gasteiger partial charge in [-0.2, -0.15) is 0 Å². The number of hydrogen-bond acceptors (Lipinski definition) is 6. The van der Waals surface area contributed by atoms with Crippen LogP contribution >= 0.6 is 22.9 Å². The van der Waals surface area contributed by atoms with Gasteiger partial charge >= 0.3 is 12.0 Å². The summed E-state index contributed by atoms with van der Waals surface area (Å²) in [6, 6.07) is 10.8. The molecule has 0 spiro atoms. The van der Waals surface area contributed by atoms with Crippen LogP contribution in [0, 0.1) is 0 Å². The minimum Gasteiger partial charge on any atom is -0.466 e. The van der Waals surface area contributed by atoms with Crippen LogP contribution in [0.25, 0.3) is 0 Å². The molecular formula is C21H23ClN4O3S. The number of amides is 2. The fourth-order valence-electron chi connectivity index (χ4n) is 3.80. The molecule has 1 atom stereocenters. The van der Waals surface area contributed by atoms with Crippen LogP contribution in [0.2, 0.25) is 5.02 Å². The summed E-state index contributed by atoms with van der Waals surface area (Å²) in [7, 11) is 1.36. The van der Waals surface area contributed by atoms with E-state index in [-0.39, 0.29) is 6.03 Å². The number of nitrogens with one attached hydrogen (secondary N) is 2. The molecule has 2 N–H and O–H groups in total. The van der Waals surface area contributed by atoms with Crippen molar-refractivity contribution in [2.75, 3.05) is 44.7 Å². The molecule has 1 saturated heterocycles. The monoisotopic (exact) mass is 446 g/mol. The fourth-order valence-corrected chi connectivity index (χ4v) is 4.71. The van der Waals surface area contributed by atoms with Gasteiger partial charge in [-0.05, 0) is 35.7 Å². The second-order valence-electron chi connectivity index (χ2n) is 7.17. The smallest absolute Gasteiger partial charge is 0.338 e. The highest BCUT2D eigenvalue weighted by Crippen LogP contribution is 2.31. The highest BCUT2D eigenvalue weighted by atomic mass is 35.5. The summed E-state index contributed by atoms with van der Waals surface area (Å²) in [6.07, 6.45) is 0. The normalized spacial score (nSPS) is 20.0. The number of thiophene rings is 1. The average Bonchev–Trinajstić information content (AvgIpc) is 3.29. The standard InChI is InChI=1S/C21H23ClN4O3S/c1-29-20(27)18-16(23-21(28)24-19(18)17-3-2-12-30-17)13-25-8-10-26(11-9-25)15-6-4-14(22)5-7-15/h2-7,12,19H,8-11,13H2,1H3,(H2,23,24,28)/t19-/m0/s1. The largest absolute Gasteiger partial charge is 0.466 e. The minimum absolute atomic E-state index is 0.309. The van der Waals surface area contributed by atoms with E-state index in [2.05, 4.69) is 20.4 Å². The lowest BCUT2D eigenvalue weighted by Gasteiger charge is -2.37. The molecule has 2 aliphatic heterocycles. The molecule has 30 heavy (non-hydrogen) atoms. The summed E-state index contributed by atoms with van der Waals surface area (Å²) in [4.78, 5) is 30.3. The van der Waals surface area contributed by atoms with Crippen LogP contribution in [0.4, 0.5) is 10.5 Å². The zero-order valence-electron chi connectivity index (χ0n) is 16.6. The van der Waals surface area contributed by atoms with E-state index in [0.29, 0.717) is 17.8 Å². The number of hydrogen-bond donors (Lipinski definition) is 2. The van der Waals surface area contributed by atoms with Gasteiger partial charge in [-0.3, -0.25) is 4.90 Å². The Morgan fingerprint density at radius 2 is 1.93 bits per heavy atom. The average molecular weight is 447 g/mol. The van der Waals surface area contributed by atoms with Crippen LogP contribution in [0.3, 0.4) is 0 Å². The third-order valence-electron chi connectivity index (χ3n) is 5.33. The van der Waals surface area contributed by atoms with E-state index >= 15 is 0 Å². The van der Waals surface area contributed by atoms with E-state index in [9.17, 15) is 9.59 Å². The maximum absolute atomic E-state index is 12.6. The first-order valence-electron chi connectivity index (χ1n) is 9.70. The molecule has 0 bridgehead atoms. The van der Waals surface area contributed by atoms with E-state index in [4.69, 9.17) is 16.3 Å². The van der Waals surface area contributed by atoms with Gasteiger partial charge < -0.3 is 20.3 Å². The number of ether oxygens (including phenoxy) is 1. The summed E-state index contributed by atoms with van der Waals surface area (Å²) in [5.74, 6) is -0.435. The summed E-state index contributed by atoms with van der Waals surface area (Å²) < 4.78 is 5.04. The van der Waals surface area contributed by atoms with Crippen molar-refractivity contribution in [3.05, 3.63) is 62.9 Å². The topological polar surface area (TPSA) is 73.9 Å². The number of anilines is 1. The molecule has 3 heterocycles. The number of urea groups is 1. The molecule has 2 aromatic rings. The van der Waals surface area contributed by atoms with Gasteiger partial charge in [-0.15, -0.1) is 11.3 Å². The quantitative estimate of drug-likeness (QED) is 0.691.